The highest BCUT2D eigenvalue weighted by Crippen LogP contribution is 2.35. The molecule has 0 aliphatic carbocycles. The molecule has 0 aromatic carbocycles. The molecule has 2 aromatic heterocycles. The first-order valence-electron chi connectivity index (χ1n) is 6.80. The van der Waals surface area contributed by atoms with Gasteiger partial charge >= 0.3 is 5.97 Å². The zero-order valence-corrected chi connectivity index (χ0v) is 13.2. The summed E-state index contributed by atoms with van der Waals surface area (Å²) in [5.74, 6) is -1.12. The standard InChI is InChI=1S/C15H15NO3S2/c1-2-9-4-7-21-13(9)14(17)16-6-3-11-10(5-8-20-11)12(16)15(18)19/h4-5,7-8,12H,2-3,6H2,1H3,(H,18,19). The van der Waals surface area contributed by atoms with E-state index in [1.165, 1.54) is 16.2 Å². The highest BCUT2D eigenvalue weighted by Gasteiger charge is 2.37. The van der Waals surface area contributed by atoms with Crippen molar-refractivity contribution in [1.29, 1.82) is 0 Å². The zero-order valence-electron chi connectivity index (χ0n) is 11.5. The van der Waals surface area contributed by atoms with E-state index in [4.69, 9.17) is 0 Å². The van der Waals surface area contributed by atoms with Gasteiger partial charge in [-0.25, -0.2) is 4.79 Å². The Balaban J connectivity index is 1.98. The molecule has 1 N–H and O–H groups in total. The Morgan fingerprint density at radius 1 is 1.33 bits per heavy atom. The van der Waals surface area contributed by atoms with Gasteiger partial charge in [-0.3, -0.25) is 4.79 Å². The van der Waals surface area contributed by atoms with Crippen molar-refractivity contribution in [3.05, 3.63) is 43.8 Å². The van der Waals surface area contributed by atoms with Crippen molar-refractivity contribution >= 4 is 34.6 Å². The van der Waals surface area contributed by atoms with Gasteiger partial charge in [0.2, 0.25) is 0 Å². The van der Waals surface area contributed by atoms with Crippen molar-refractivity contribution in [1.82, 2.24) is 4.90 Å². The second-order valence-corrected chi connectivity index (χ2v) is 6.83. The van der Waals surface area contributed by atoms with Gasteiger partial charge in [-0.15, -0.1) is 22.7 Å². The molecule has 6 heteroatoms. The Labute approximate surface area is 130 Å². The summed E-state index contributed by atoms with van der Waals surface area (Å²) in [5.41, 5.74) is 1.76. The van der Waals surface area contributed by atoms with Crippen LogP contribution >= 0.6 is 22.7 Å². The number of carboxylic acids is 1. The van der Waals surface area contributed by atoms with Crippen LogP contribution in [-0.4, -0.2) is 28.4 Å². The van der Waals surface area contributed by atoms with E-state index in [0.717, 1.165) is 28.8 Å². The topological polar surface area (TPSA) is 57.6 Å². The van der Waals surface area contributed by atoms with Crippen molar-refractivity contribution in [3.63, 3.8) is 0 Å². The number of hydrogen-bond acceptors (Lipinski definition) is 4. The van der Waals surface area contributed by atoms with Gasteiger partial charge in [0.25, 0.3) is 5.91 Å². The molecule has 3 rings (SSSR count). The van der Waals surface area contributed by atoms with Crippen LogP contribution in [0.25, 0.3) is 0 Å². The minimum absolute atomic E-state index is 0.161. The van der Waals surface area contributed by atoms with E-state index in [-0.39, 0.29) is 5.91 Å². The first kappa shape index (κ1) is 14.3. The average molecular weight is 321 g/mol. The van der Waals surface area contributed by atoms with Crippen LogP contribution in [0, 0.1) is 0 Å². The third kappa shape index (κ3) is 2.38. The molecule has 21 heavy (non-hydrogen) atoms. The van der Waals surface area contributed by atoms with Gasteiger partial charge in [0.15, 0.2) is 6.04 Å². The van der Waals surface area contributed by atoms with Crippen molar-refractivity contribution in [2.24, 2.45) is 0 Å². The summed E-state index contributed by atoms with van der Waals surface area (Å²) < 4.78 is 0. The van der Waals surface area contributed by atoms with Gasteiger partial charge in [-0.2, -0.15) is 0 Å². The lowest BCUT2D eigenvalue weighted by atomic mass is 9.99. The maximum absolute atomic E-state index is 12.8. The van der Waals surface area contributed by atoms with E-state index in [1.807, 2.05) is 29.8 Å². The number of aliphatic carboxylic acids is 1. The number of carbonyl (C=O) groups is 2. The van der Waals surface area contributed by atoms with E-state index in [9.17, 15) is 14.7 Å². The number of amides is 1. The van der Waals surface area contributed by atoms with E-state index in [1.54, 1.807) is 11.3 Å². The molecule has 0 bridgehead atoms. The van der Waals surface area contributed by atoms with Crippen molar-refractivity contribution in [2.75, 3.05) is 6.54 Å². The number of aryl methyl sites for hydroxylation is 1. The van der Waals surface area contributed by atoms with Gasteiger partial charge in [0, 0.05) is 11.4 Å². The molecule has 0 saturated carbocycles. The molecule has 3 heterocycles. The number of carboxylic acid groups (broad SMARTS) is 1. The fraction of sp³-hybridized carbons (Fsp3) is 0.333. The molecule has 1 aliphatic rings. The predicted octanol–water partition coefficient (Wildman–Crippen LogP) is 3.20. The number of fused-ring (bicyclic) bond motifs is 1. The van der Waals surface area contributed by atoms with Gasteiger partial charge < -0.3 is 10.0 Å². The molecule has 1 aliphatic heterocycles. The molecule has 4 nitrogen and oxygen atoms in total. The molecule has 0 saturated heterocycles. The first-order valence-corrected chi connectivity index (χ1v) is 8.55. The van der Waals surface area contributed by atoms with Crippen molar-refractivity contribution < 1.29 is 14.7 Å². The summed E-state index contributed by atoms with van der Waals surface area (Å²) in [6, 6.07) is 2.90. The van der Waals surface area contributed by atoms with E-state index in [0.29, 0.717) is 11.4 Å². The summed E-state index contributed by atoms with van der Waals surface area (Å²) in [7, 11) is 0. The van der Waals surface area contributed by atoms with Gasteiger partial charge in [-0.05, 0) is 46.9 Å². The van der Waals surface area contributed by atoms with E-state index < -0.39 is 12.0 Å². The average Bonchev–Trinajstić information content (AvgIpc) is 3.13. The predicted molar refractivity (Wildman–Crippen MR) is 83.1 cm³/mol. The lowest BCUT2D eigenvalue weighted by molar-refractivity contribution is -0.142. The lowest BCUT2D eigenvalue weighted by Crippen LogP contribution is -2.43. The minimum atomic E-state index is -0.961. The molecule has 1 amide bonds. The van der Waals surface area contributed by atoms with Crippen LogP contribution in [-0.2, 0) is 17.6 Å². The molecule has 110 valence electrons. The molecule has 1 unspecified atom stereocenters. The van der Waals surface area contributed by atoms with Crippen molar-refractivity contribution in [2.45, 2.75) is 25.8 Å². The third-order valence-electron chi connectivity index (χ3n) is 3.78. The van der Waals surface area contributed by atoms with Crippen LogP contribution in [0.5, 0.6) is 0 Å². The maximum Gasteiger partial charge on any atom is 0.331 e. The summed E-state index contributed by atoms with van der Waals surface area (Å²) >= 11 is 2.96. The number of hydrogen-bond donors (Lipinski definition) is 1. The third-order valence-corrected chi connectivity index (χ3v) is 5.72. The number of thiophene rings is 2. The van der Waals surface area contributed by atoms with Crippen LogP contribution in [0.15, 0.2) is 22.9 Å². The van der Waals surface area contributed by atoms with Crippen LogP contribution in [0.4, 0.5) is 0 Å². The molecular weight excluding hydrogens is 306 g/mol. The van der Waals surface area contributed by atoms with Gasteiger partial charge in [0.1, 0.15) is 0 Å². The summed E-state index contributed by atoms with van der Waals surface area (Å²) in [6.45, 7) is 2.46. The van der Waals surface area contributed by atoms with Crippen LogP contribution < -0.4 is 0 Å². The Morgan fingerprint density at radius 3 is 2.81 bits per heavy atom. The quantitative estimate of drug-likeness (QED) is 0.944. The summed E-state index contributed by atoms with van der Waals surface area (Å²) in [6.07, 6.45) is 1.51. The summed E-state index contributed by atoms with van der Waals surface area (Å²) in [5, 5.41) is 13.4. The fourth-order valence-corrected chi connectivity index (χ4v) is 4.59. The Bertz CT molecular complexity index is 689. The summed E-state index contributed by atoms with van der Waals surface area (Å²) in [4.78, 5) is 27.7. The second kappa shape index (κ2) is 5.61. The highest BCUT2D eigenvalue weighted by molar-refractivity contribution is 7.12. The maximum atomic E-state index is 12.8. The largest absolute Gasteiger partial charge is 0.479 e. The van der Waals surface area contributed by atoms with E-state index in [2.05, 4.69) is 0 Å². The molecular formula is C15H15NO3S2. The van der Waals surface area contributed by atoms with E-state index >= 15 is 0 Å². The SMILES string of the molecule is CCc1ccsc1C(=O)N1CCc2sccc2C1C(=O)O. The monoisotopic (exact) mass is 321 g/mol. The molecule has 0 radical (unpaired) electrons. The Hall–Kier alpha value is -1.66. The highest BCUT2D eigenvalue weighted by atomic mass is 32.1. The normalized spacial score (nSPS) is 17.6. The number of rotatable bonds is 3. The molecule has 2 aromatic rings. The molecule has 0 spiro atoms. The van der Waals surface area contributed by atoms with Crippen molar-refractivity contribution in [3.8, 4) is 0 Å². The first-order chi connectivity index (χ1) is 10.1. The van der Waals surface area contributed by atoms with Crippen LogP contribution in [0.3, 0.4) is 0 Å². The Morgan fingerprint density at radius 2 is 2.10 bits per heavy atom. The van der Waals surface area contributed by atoms with Gasteiger partial charge in [-0.1, -0.05) is 6.92 Å². The smallest absolute Gasteiger partial charge is 0.331 e. The zero-order chi connectivity index (χ0) is 15.0. The fourth-order valence-electron chi connectivity index (χ4n) is 2.73. The van der Waals surface area contributed by atoms with Gasteiger partial charge in [0.05, 0.1) is 4.88 Å². The number of carbonyl (C=O) groups excluding carboxylic acids is 1. The lowest BCUT2D eigenvalue weighted by Gasteiger charge is -2.33. The Kier molecular flexibility index (Phi) is 3.82. The van der Waals surface area contributed by atoms with Crippen LogP contribution in [0.1, 0.15) is 38.6 Å². The molecule has 1 atom stereocenters. The molecule has 0 fully saturated rings. The van der Waals surface area contributed by atoms with Crippen LogP contribution in [0.2, 0.25) is 0 Å². The second-order valence-electron chi connectivity index (χ2n) is 4.92. The number of nitrogens with zero attached hydrogens (tertiary/aromatic N) is 1. The minimum Gasteiger partial charge on any atom is -0.479 e.